The van der Waals surface area contributed by atoms with Crippen LogP contribution >= 0.6 is 11.6 Å². The maximum absolute atomic E-state index is 13.3. The van der Waals surface area contributed by atoms with E-state index in [2.05, 4.69) is 24.1 Å². The number of hydrogen-bond donors (Lipinski definition) is 1. The SMILES string of the molecule is CCN(CC)CCNC(=O)c1cc(F)cc(Cl)c1OC. The van der Waals surface area contributed by atoms with E-state index < -0.39 is 11.7 Å². The van der Waals surface area contributed by atoms with Gasteiger partial charge in [-0.1, -0.05) is 25.4 Å². The Hall–Kier alpha value is -1.33. The molecular formula is C14H20ClFN2O2. The van der Waals surface area contributed by atoms with Crippen molar-refractivity contribution in [2.24, 2.45) is 0 Å². The summed E-state index contributed by atoms with van der Waals surface area (Å²) in [7, 11) is 1.39. The molecule has 1 amide bonds. The summed E-state index contributed by atoms with van der Waals surface area (Å²) in [6.07, 6.45) is 0. The number of benzene rings is 1. The molecule has 4 nitrogen and oxygen atoms in total. The molecule has 0 unspecified atom stereocenters. The van der Waals surface area contributed by atoms with Gasteiger partial charge in [0.25, 0.3) is 5.91 Å². The number of likely N-dealkylation sites (N-methyl/N-ethyl adjacent to an activating group) is 1. The quantitative estimate of drug-likeness (QED) is 0.841. The molecule has 0 aliphatic heterocycles. The average Bonchev–Trinajstić information content (AvgIpc) is 2.42. The molecule has 0 aliphatic rings. The molecule has 1 aromatic rings. The van der Waals surface area contributed by atoms with Crippen LogP contribution in [-0.4, -0.2) is 44.1 Å². The summed E-state index contributed by atoms with van der Waals surface area (Å²) in [5.74, 6) is -0.770. The van der Waals surface area contributed by atoms with Crippen molar-refractivity contribution in [3.63, 3.8) is 0 Å². The van der Waals surface area contributed by atoms with Gasteiger partial charge >= 0.3 is 0 Å². The molecule has 20 heavy (non-hydrogen) atoms. The predicted molar refractivity (Wildman–Crippen MR) is 78.1 cm³/mol. The number of halogens is 2. The summed E-state index contributed by atoms with van der Waals surface area (Å²) >= 11 is 5.86. The third-order valence-electron chi connectivity index (χ3n) is 3.07. The highest BCUT2D eigenvalue weighted by atomic mass is 35.5. The first-order valence-electron chi connectivity index (χ1n) is 6.57. The number of carbonyl (C=O) groups excluding carboxylic acids is 1. The van der Waals surface area contributed by atoms with Crippen molar-refractivity contribution in [2.75, 3.05) is 33.3 Å². The smallest absolute Gasteiger partial charge is 0.255 e. The molecule has 0 bridgehead atoms. The number of hydrogen-bond acceptors (Lipinski definition) is 3. The third-order valence-corrected chi connectivity index (χ3v) is 3.35. The summed E-state index contributed by atoms with van der Waals surface area (Å²) in [6, 6.07) is 2.24. The Morgan fingerprint density at radius 2 is 2.05 bits per heavy atom. The zero-order valence-electron chi connectivity index (χ0n) is 12.0. The molecule has 0 heterocycles. The lowest BCUT2D eigenvalue weighted by Gasteiger charge is -2.18. The minimum atomic E-state index is -0.565. The molecule has 6 heteroatoms. The number of methoxy groups -OCH3 is 1. The number of carbonyl (C=O) groups is 1. The van der Waals surface area contributed by atoms with Crippen molar-refractivity contribution in [3.8, 4) is 5.75 Å². The van der Waals surface area contributed by atoms with Crippen molar-refractivity contribution in [1.82, 2.24) is 10.2 Å². The van der Waals surface area contributed by atoms with Crippen LogP contribution in [0.2, 0.25) is 5.02 Å². The van der Waals surface area contributed by atoms with E-state index in [1.807, 2.05) is 0 Å². The highest BCUT2D eigenvalue weighted by Gasteiger charge is 2.17. The molecular weight excluding hydrogens is 283 g/mol. The van der Waals surface area contributed by atoms with Gasteiger partial charge in [0.2, 0.25) is 0 Å². The number of nitrogens with one attached hydrogen (secondary N) is 1. The Balaban J connectivity index is 2.72. The van der Waals surface area contributed by atoms with E-state index in [4.69, 9.17) is 16.3 Å². The normalized spacial score (nSPS) is 10.7. The summed E-state index contributed by atoms with van der Waals surface area (Å²) in [4.78, 5) is 14.2. The Labute approximate surface area is 123 Å². The molecule has 0 atom stereocenters. The number of rotatable bonds is 7. The minimum Gasteiger partial charge on any atom is -0.494 e. The summed E-state index contributed by atoms with van der Waals surface area (Å²) in [6.45, 7) is 7.17. The molecule has 112 valence electrons. The van der Waals surface area contributed by atoms with Crippen LogP contribution in [0, 0.1) is 5.82 Å². The van der Waals surface area contributed by atoms with Crippen LogP contribution in [0.25, 0.3) is 0 Å². The van der Waals surface area contributed by atoms with Gasteiger partial charge in [-0.05, 0) is 25.2 Å². The number of ether oxygens (including phenoxy) is 1. The maximum Gasteiger partial charge on any atom is 0.255 e. The Morgan fingerprint density at radius 1 is 1.40 bits per heavy atom. The molecule has 1 rings (SSSR count). The van der Waals surface area contributed by atoms with E-state index in [1.54, 1.807) is 0 Å². The Morgan fingerprint density at radius 3 is 2.60 bits per heavy atom. The second kappa shape index (κ2) is 8.07. The number of amides is 1. The second-order valence-corrected chi connectivity index (χ2v) is 4.66. The molecule has 0 radical (unpaired) electrons. The summed E-state index contributed by atoms with van der Waals surface area (Å²) in [5.41, 5.74) is 0.108. The monoisotopic (exact) mass is 302 g/mol. The van der Waals surface area contributed by atoms with Gasteiger partial charge < -0.3 is 15.0 Å². The van der Waals surface area contributed by atoms with Gasteiger partial charge in [0.1, 0.15) is 11.6 Å². The summed E-state index contributed by atoms with van der Waals surface area (Å²) in [5, 5.41) is 2.83. The average molecular weight is 303 g/mol. The van der Waals surface area contributed by atoms with Crippen LogP contribution in [0.1, 0.15) is 24.2 Å². The van der Waals surface area contributed by atoms with Crippen LogP contribution < -0.4 is 10.1 Å². The van der Waals surface area contributed by atoms with Crippen molar-refractivity contribution < 1.29 is 13.9 Å². The first-order valence-corrected chi connectivity index (χ1v) is 6.94. The van der Waals surface area contributed by atoms with Crippen molar-refractivity contribution >= 4 is 17.5 Å². The van der Waals surface area contributed by atoms with Crippen LogP contribution in [-0.2, 0) is 0 Å². The highest BCUT2D eigenvalue weighted by Crippen LogP contribution is 2.29. The van der Waals surface area contributed by atoms with Crippen molar-refractivity contribution in [2.45, 2.75) is 13.8 Å². The Kier molecular flexibility index (Phi) is 6.75. The highest BCUT2D eigenvalue weighted by molar-refractivity contribution is 6.32. The van der Waals surface area contributed by atoms with E-state index in [-0.39, 0.29) is 16.3 Å². The first-order chi connectivity index (χ1) is 9.53. The molecule has 0 saturated heterocycles. The third kappa shape index (κ3) is 4.35. The molecule has 0 fully saturated rings. The number of nitrogens with zero attached hydrogens (tertiary/aromatic N) is 1. The van der Waals surface area contributed by atoms with Crippen molar-refractivity contribution in [3.05, 3.63) is 28.5 Å². The van der Waals surface area contributed by atoms with Gasteiger partial charge in [0.05, 0.1) is 17.7 Å². The fraction of sp³-hybridized carbons (Fsp3) is 0.500. The van der Waals surface area contributed by atoms with E-state index in [0.29, 0.717) is 6.54 Å². The van der Waals surface area contributed by atoms with E-state index in [9.17, 15) is 9.18 Å². The largest absolute Gasteiger partial charge is 0.494 e. The fourth-order valence-electron chi connectivity index (χ4n) is 1.90. The van der Waals surface area contributed by atoms with Gasteiger partial charge in [0, 0.05) is 13.1 Å². The molecule has 0 aliphatic carbocycles. The zero-order chi connectivity index (χ0) is 15.1. The van der Waals surface area contributed by atoms with Gasteiger partial charge in [0.15, 0.2) is 0 Å². The van der Waals surface area contributed by atoms with Crippen LogP contribution in [0.4, 0.5) is 4.39 Å². The standard InChI is InChI=1S/C14H20ClFN2O2/c1-4-18(5-2)7-6-17-14(19)11-8-10(16)9-12(15)13(11)20-3/h8-9H,4-7H2,1-3H3,(H,17,19). The Bertz CT molecular complexity index is 465. The fourth-order valence-corrected chi connectivity index (χ4v) is 2.18. The van der Waals surface area contributed by atoms with Gasteiger partial charge in [-0.3, -0.25) is 4.79 Å². The van der Waals surface area contributed by atoms with Crippen LogP contribution in [0.5, 0.6) is 5.75 Å². The second-order valence-electron chi connectivity index (χ2n) is 4.25. The van der Waals surface area contributed by atoms with E-state index in [0.717, 1.165) is 31.8 Å². The van der Waals surface area contributed by atoms with Crippen molar-refractivity contribution in [1.29, 1.82) is 0 Å². The van der Waals surface area contributed by atoms with E-state index in [1.165, 1.54) is 7.11 Å². The molecule has 1 aromatic carbocycles. The summed E-state index contributed by atoms with van der Waals surface area (Å²) < 4.78 is 18.4. The molecule has 0 saturated carbocycles. The molecule has 0 aromatic heterocycles. The first kappa shape index (κ1) is 16.7. The lowest BCUT2D eigenvalue weighted by molar-refractivity contribution is 0.0945. The van der Waals surface area contributed by atoms with Crippen LogP contribution in [0.3, 0.4) is 0 Å². The lowest BCUT2D eigenvalue weighted by atomic mass is 10.1. The van der Waals surface area contributed by atoms with Crippen LogP contribution in [0.15, 0.2) is 12.1 Å². The topological polar surface area (TPSA) is 41.6 Å². The van der Waals surface area contributed by atoms with Gasteiger partial charge in [-0.15, -0.1) is 0 Å². The molecule has 0 spiro atoms. The maximum atomic E-state index is 13.3. The van der Waals surface area contributed by atoms with E-state index >= 15 is 0 Å². The minimum absolute atomic E-state index is 0.0846. The van der Waals surface area contributed by atoms with Gasteiger partial charge in [-0.25, -0.2) is 4.39 Å². The predicted octanol–water partition coefficient (Wildman–Crippen LogP) is 2.56. The zero-order valence-corrected chi connectivity index (χ0v) is 12.8. The lowest BCUT2D eigenvalue weighted by Crippen LogP contribution is -2.35. The molecule has 1 N–H and O–H groups in total. The van der Waals surface area contributed by atoms with Gasteiger partial charge in [-0.2, -0.15) is 0 Å².